The van der Waals surface area contributed by atoms with Gasteiger partial charge in [-0.1, -0.05) is 44.2 Å². The Balaban J connectivity index is 1.37. The summed E-state index contributed by atoms with van der Waals surface area (Å²) in [5.74, 6) is -3.51. The maximum atomic E-state index is 14.0. The number of aromatic hydroxyl groups is 1. The van der Waals surface area contributed by atoms with Crippen LogP contribution in [0.25, 0.3) is 5.57 Å². The number of halogens is 3. The number of anilines is 2. The van der Waals surface area contributed by atoms with Crippen molar-refractivity contribution in [2.24, 2.45) is 5.92 Å². The lowest BCUT2D eigenvalue weighted by Crippen LogP contribution is -2.50. The average Bonchev–Trinajstić information content (AvgIpc) is 3.72. The molecule has 2 fully saturated rings. The van der Waals surface area contributed by atoms with Crippen LogP contribution in [0.4, 0.5) is 20.4 Å². The molecule has 2 amide bonds. The van der Waals surface area contributed by atoms with Crippen molar-refractivity contribution in [3.8, 4) is 5.75 Å². The van der Waals surface area contributed by atoms with E-state index in [1.165, 1.54) is 23.1 Å². The SMILES string of the molecule is C=C1/C(=C\C=C(/C)c2nc(N(CCC)CC(=O)Nc3ccc(C(C)(F)F)cc3Cl)n(C(=O)CN3CCN(C(=O)c4ncnc(C)c4O)CC3)n2)OCC1C. The molecule has 1 atom stereocenters. The molecule has 0 bridgehead atoms. The van der Waals surface area contributed by atoms with Crippen LogP contribution in [0.1, 0.15) is 66.5 Å². The summed E-state index contributed by atoms with van der Waals surface area (Å²) < 4.78 is 34.6. The number of hydrogen-bond acceptors (Lipinski definition) is 11. The summed E-state index contributed by atoms with van der Waals surface area (Å²) >= 11 is 6.26. The zero-order valence-electron chi connectivity index (χ0n) is 30.9. The van der Waals surface area contributed by atoms with Crippen molar-refractivity contribution in [2.75, 3.05) is 62.6 Å². The summed E-state index contributed by atoms with van der Waals surface area (Å²) in [7, 11) is 0. The van der Waals surface area contributed by atoms with Gasteiger partial charge >= 0.3 is 0 Å². The minimum atomic E-state index is -3.11. The number of ether oxygens (including phenoxy) is 1. The molecule has 2 aliphatic heterocycles. The number of carbonyl (C=O) groups excluding carboxylic acids is 3. The number of nitrogens with one attached hydrogen (secondary N) is 1. The molecule has 1 unspecified atom stereocenters. The Hall–Kier alpha value is -5.22. The fourth-order valence-electron chi connectivity index (χ4n) is 5.84. The first-order valence-electron chi connectivity index (χ1n) is 17.5. The second-order valence-electron chi connectivity index (χ2n) is 13.4. The highest BCUT2D eigenvalue weighted by Crippen LogP contribution is 2.33. The number of carbonyl (C=O) groups is 3. The molecule has 1 aromatic carbocycles. The average molecular weight is 768 g/mol. The summed E-state index contributed by atoms with van der Waals surface area (Å²) in [6.45, 7) is 14.0. The highest BCUT2D eigenvalue weighted by atomic mass is 35.5. The minimum absolute atomic E-state index is 0.0472. The summed E-state index contributed by atoms with van der Waals surface area (Å²) in [5.41, 5.74) is 1.59. The molecule has 54 heavy (non-hydrogen) atoms. The van der Waals surface area contributed by atoms with E-state index in [1.54, 1.807) is 35.8 Å². The van der Waals surface area contributed by atoms with Crippen molar-refractivity contribution >= 4 is 46.5 Å². The lowest BCUT2D eigenvalue weighted by atomic mass is 10.1. The van der Waals surface area contributed by atoms with Crippen molar-refractivity contribution in [1.29, 1.82) is 0 Å². The summed E-state index contributed by atoms with van der Waals surface area (Å²) in [6.07, 6.45) is 5.37. The van der Waals surface area contributed by atoms with E-state index in [4.69, 9.17) is 21.3 Å². The molecule has 3 aromatic rings. The van der Waals surface area contributed by atoms with Crippen LogP contribution in [0.15, 0.2) is 54.6 Å². The number of aromatic nitrogens is 5. The van der Waals surface area contributed by atoms with Crippen LogP contribution < -0.4 is 10.2 Å². The molecule has 2 aliphatic rings. The van der Waals surface area contributed by atoms with Gasteiger partial charge in [-0.3, -0.25) is 19.3 Å². The Morgan fingerprint density at radius 3 is 2.56 bits per heavy atom. The lowest BCUT2D eigenvalue weighted by Gasteiger charge is -2.34. The minimum Gasteiger partial charge on any atom is -0.504 e. The van der Waals surface area contributed by atoms with Gasteiger partial charge in [0.05, 0.1) is 29.6 Å². The number of allylic oxidation sites excluding steroid dienone is 4. The number of aryl methyl sites for hydroxylation is 1. The van der Waals surface area contributed by atoms with Crippen molar-refractivity contribution in [2.45, 2.75) is 47.0 Å². The van der Waals surface area contributed by atoms with Crippen LogP contribution in [0.3, 0.4) is 0 Å². The van der Waals surface area contributed by atoms with E-state index in [2.05, 4.69) is 27.0 Å². The number of alkyl halides is 2. The Morgan fingerprint density at radius 2 is 1.93 bits per heavy atom. The fourth-order valence-corrected chi connectivity index (χ4v) is 6.06. The molecule has 0 saturated carbocycles. The molecule has 2 N–H and O–H groups in total. The highest BCUT2D eigenvalue weighted by Gasteiger charge is 2.30. The normalized spacial score (nSPS) is 17.5. The molecular formula is C37H44ClF2N9O5. The predicted molar refractivity (Wildman–Crippen MR) is 200 cm³/mol. The van der Waals surface area contributed by atoms with E-state index in [1.807, 2.05) is 18.7 Å². The van der Waals surface area contributed by atoms with Gasteiger partial charge in [0, 0.05) is 51.1 Å². The number of amides is 2. The van der Waals surface area contributed by atoms with E-state index in [-0.39, 0.29) is 71.6 Å². The standard InChI is InChI=1S/C37H44ClF2N9O5/c1-7-12-48(18-30(50)43-28-10-9-26(17-27(28)38)37(6,39)40)36-44-34(22(2)8-11-29-24(4)23(3)20-54-29)45-49(36)31(51)19-46-13-15-47(16-14-46)35(53)32-33(52)25(5)41-21-42-32/h8-11,17,21,23,52H,4,7,12-16,18-20H2,1-3,5-6H3,(H,43,50)/b22-8+,29-11+. The van der Waals surface area contributed by atoms with Gasteiger partial charge in [0.1, 0.15) is 18.6 Å². The Kier molecular flexibility index (Phi) is 12.5. The van der Waals surface area contributed by atoms with E-state index >= 15 is 0 Å². The van der Waals surface area contributed by atoms with E-state index in [0.717, 1.165) is 18.6 Å². The van der Waals surface area contributed by atoms with Crippen LogP contribution in [-0.2, 0) is 15.5 Å². The van der Waals surface area contributed by atoms with Crippen LogP contribution in [-0.4, -0.2) is 110 Å². The number of benzene rings is 1. The van der Waals surface area contributed by atoms with Gasteiger partial charge in [-0.15, -0.1) is 5.10 Å². The monoisotopic (exact) mass is 767 g/mol. The zero-order valence-corrected chi connectivity index (χ0v) is 31.7. The van der Waals surface area contributed by atoms with E-state index in [9.17, 15) is 28.3 Å². The van der Waals surface area contributed by atoms with Crippen LogP contribution in [0, 0.1) is 12.8 Å². The molecular weight excluding hydrogens is 724 g/mol. The van der Waals surface area contributed by atoms with E-state index < -0.39 is 23.6 Å². The maximum Gasteiger partial charge on any atom is 0.276 e. The smallest absolute Gasteiger partial charge is 0.276 e. The Bertz CT molecular complexity index is 1990. The van der Waals surface area contributed by atoms with Gasteiger partial charge in [-0.2, -0.15) is 9.67 Å². The number of hydrogen-bond donors (Lipinski definition) is 2. The molecule has 288 valence electrons. The predicted octanol–water partition coefficient (Wildman–Crippen LogP) is 5.31. The number of piperazine rings is 1. The first kappa shape index (κ1) is 40.0. The molecule has 4 heterocycles. The summed E-state index contributed by atoms with van der Waals surface area (Å²) in [4.78, 5) is 58.1. The molecule has 14 nitrogen and oxygen atoms in total. The van der Waals surface area contributed by atoms with Crippen LogP contribution in [0.2, 0.25) is 5.02 Å². The van der Waals surface area contributed by atoms with E-state index in [0.29, 0.717) is 49.7 Å². The van der Waals surface area contributed by atoms with Gasteiger partial charge in [0.25, 0.3) is 17.7 Å². The molecule has 0 spiro atoms. The summed E-state index contributed by atoms with van der Waals surface area (Å²) in [5, 5.41) is 17.5. The highest BCUT2D eigenvalue weighted by molar-refractivity contribution is 6.33. The molecule has 17 heteroatoms. The molecule has 2 aromatic heterocycles. The molecule has 5 rings (SSSR count). The van der Waals surface area contributed by atoms with Crippen molar-refractivity contribution < 1.29 is 33.0 Å². The van der Waals surface area contributed by atoms with Crippen LogP contribution in [0.5, 0.6) is 5.75 Å². The van der Waals surface area contributed by atoms with Gasteiger partial charge in [0.2, 0.25) is 11.9 Å². The molecule has 0 aliphatic carbocycles. The number of nitrogens with zero attached hydrogens (tertiary/aromatic N) is 8. The van der Waals surface area contributed by atoms with Gasteiger partial charge in [-0.25, -0.2) is 18.7 Å². The van der Waals surface area contributed by atoms with Gasteiger partial charge in [0.15, 0.2) is 17.3 Å². The van der Waals surface area contributed by atoms with Crippen LogP contribution >= 0.6 is 11.6 Å². The largest absolute Gasteiger partial charge is 0.504 e. The summed E-state index contributed by atoms with van der Waals surface area (Å²) in [6, 6.07) is 3.62. The molecule has 0 radical (unpaired) electrons. The zero-order chi connectivity index (χ0) is 39.3. The van der Waals surface area contributed by atoms with Gasteiger partial charge in [-0.05, 0) is 49.6 Å². The third kappa shape index (κ3) is 9.28. The quantitative estimate of drug-likeness (QED) is 0.246. The molecule has 2 saturated heterocycles. The lowest BCUT2D eigenvalue weighted by molar-refractivity contribution is -0.115. The Labute approximate surface area is 317 Å². The topological polar surface area (TPSA) is 159 Å². The third-order valence-corrected chi connectivity index (χ3v) is 9.46. The van der Waals surface area contributed by atoms with Gasteiger partial charge < -0.3 is 25.0 Å². The first-order valence-corrected chi connectivity index (χ1v) is 17.9. The Morgan fingerprint density at radius 1 is 1.20 bits per heavy atom. The maximum absolute atomic E-state index is 14.0. The van der Waals surface area contributed by atoms with Crippen molar-refractivity contribution in [1.82, 2.24) is 34.5 Å². The third-order valence-electron chi connectivity index (χ3n) is 9.15. The number of rotatable bonds is 12. The van der Waals surface area contributed by atoms with Crippen molar-refractivity contribution in [3.63, 3.8) is 0 Å². The van der Waals surface area contributed by atoms with Crippen molar-refractivity contribution in [3.05, 3.63) is 82.4 Å². The first-order chi connectivity index (χ1) is 25.6. The second kappa shape index (κ2) is 16.8. The second-order valence-corrected chi connectivity index (χ2v) is 13.8. The fraction of sp³-hybridized carbons (Fsp3) is 0.432.